The molecule has 0 spiro atoms. The van der Waals surface area contributed by atoms with Crippen LogP contribution in [0.3, 0.4) is 0 Å². The molecule has 2 atom stereocenters. The highest BCUT2D eigenvalue weighted by Crippen LogP contribution is 2.36. The number of aromatic nitrogens is 2. The van der Waals surface area contributed by atoms with Crippen LogP contribution in [0.1, 0.15) is 43.0 Å². The molecule has 1 saturated heterocycles. The second kappa shape index (κ2) is 9.50. The normalized spacial score (nSPS) is 20.8. The second-order valence-electron chi connectivity index (χ2n) is 8.02. The van der Waals surface area contributed by atoms with E-state index in [4.69, 9.17) is 15.0 Å². The number of carbonyl (C=O) groups is 1. The van der Waals surface area contributed by atoms with Gasteiger partial charge in [0.15, 0.2) is 5.16 Å². The minimum absolute atomic E-state index is 0.00468. The van der Waals surface area contributed by atoms with Crippen LogP contribution < -0.4 is 10.9 Å². The molecule has 4 rings (SSSR count). The van der Waals surface area contributed by atoms with Crippen LogP contribution in [-0.2, 0) is 28.9 Å². The molecule has 9 heteroatoms. The van der Waals surface area contributed by atoms with Gasteiger partial charge in [0.05, 0.1) is 36.3 Å². The third-order valence-corrected chi connectivity index (χ3v) is 7.81. The number of nitrogens with one attached hydrogen (secondary N) is 1. The quantitative estimate of drug-likeness (QED) is 0.399. The summed E-state index contributed by atoms with van der Waals surface area (Å²) in [7, 11) is 0. The number of ether oxygens (including phenoxy) is 1. The highest BCUT2D eigenvalue weighted by atomic mass is 32.2. The summed E-state index contributed by atoms with van der Waals surface area (Å²) in [5, 5.41) is 12.7. The zero-order valence-electron chi connectivity index (χ0n) is 17.1. The average molecular weight is 447 g/mol. The van der Waals surface area contributed by atoms with Crippen molar-refractivity contribution in [3.05, 3.63) is 20.8 Å². The largest absolute Gasteiger partial charge is 0.376 e. The van der Waals surface area contributed by atoms with Gasteiger partial charge in [0.2, 0.25) is 5.91 Å². The summed E-state index contributed by atoms with van der Waals surface area (Å²) >= 11 is 2.91. The number of carbonyl (C=O) groups excluding carboxylic acids is 1. The lowest BCUT2D eigenvalue weighted by molar-refractivity contribution is -0.118. The number of hydrogen-bond acceptors (Lipinski definition) is 7. The molecule has 30 heavy (non-hydrogen) atoms. The monoisotopic (exact) mass is 446 g/mol. The standard InChI is InChI=1S/C21H26N4O3S2/c1-13-5-6-15-16(10-13)30-19-18(15)20(27)25(11-14-4-2-9-28-14)21(24-19)29-12-17(26)23-8-3-7-22/h13-14H,2-6,8-12H2,1H3,(H,23,26). The molecule has 1 amide bonds. The molecular weight excluding hydrogens is 420 g/mol. The van der Waals surface area contributed by atoms with Crippen LogP contribution in [0.25, 0.3) is 10.2 Å². The van der Waals surface area contributed by atoms with E-state index >= 15 is 0 Å². The van der Waals surface area contributed by atoms with Gasteiger partial charge in [-0.05, 0) is 43.6 Å². The lowest BCUT2D eigenvalue weighted by Crippen LogP contribution is -2.30. The van der Waals surface area contributed by atoms with E-state index in [0.717, 1.165) is 48.9 Å². The van der Waals surface area contributed by atoms with Crippen molar-refractivity contribution < 1.29 is 9.53 Å². The third-order valence-electron chi connectivity index (χ3n) is 5.68. The Hall–Kier alpha value is -1.89. The number of fused-ring (bicyclic) bond motifs is 3. The van der Waals surface area contributed by atoms with E-state index in [-0.39, 0.29) is 29.7 Å². The molecule has 0 radical (unpaired) electrons. The minimum Gasteiger partial charge on any atom is -0.376 e. The van der Waals surface area contributed by atoms with Crippen LogP contribution in [0.5, 0.6) is 0 Å². The van der Waals surface area contributed by atoms with Crippen LogP contribution in [0.2, 0.25) is 0 Å². The lowest BCUT2D eigenvalue weighted by Gasteiger charge is -2.18. The lowest BCUT2D eigenvalue weighted by atomic mass is 9.89. The molecule has 3 heterocycles. The number of thiophene rings is 1. The molecule has 0 aromatic carbocycles. The first-order valence-corrected chi connectivity index (χ1v) is 12.3. The molecule has 1 N–H and O–H groups in total. The van der Waals surface area contributed by atoms with E-state index in [2.05, 4.69) is 12.2 Å². The SMILES string of the molecule is CC1CCc2c(sc3nc(SCC(=O)NCCC#N)n(CC4CCCO4)c(=O)c23)C1. The van der Waals surface area contributed by atoms with Crippen molar-refractivity contribution in [2.45, 2.75) is 63.3 Å². The summed E-state index contributed by atoms with van der Waals surface area (Å²) in [6, 6.07) is 2.01. The molecule has 0 saturated carbocycles. The first-order chi connectivity index (χ1) is 14.6. The number of hydrogen-bond donors (Lipinski definition) is 1. The summed E-state index contributed by atoms with van der Waals surface area (Å²) < 4.78 is 7.49. The van der Waals surface area contributed by atoms with Crippen molar-refractivity contribution in [1.82, 2.24) is 14.9 Å². The molecule has 2 aliphatic rings. The summed E-state index contributed by atoms with van der Waals surface area (Å²) in [6.45, 7) is 3.79. The van der Waals surface area contributed by atoms with Crippen LogP contribution in [0.15, 0.2) is 9.95 Å². The smallest absolute Gasteiger partial charge is 0.263 e. The average Bonchev–Trinajstić information content (AvgIpc) is 3.36. The molecule has 1 aliphatic carbocycles. The van der Waals surface area contributed by atoms with Gasteiger partial charge in [-0.15, -0.1) is 11.3 Å². The van der Waals surface area contributed by atoms with Gasteiger partial charge >= 0.3 is 0 Å². The second-order valence-corrected chi connectivity index (χ2v) is 10.0. The van der Waals surface area contributed by atoms with E-state index in [1.54, 1.807) is 15.9 Å². The van der Waals surface area contributed by atoms with E-state index in [0.29, 0.717) is 24.2 Å². The molecule has 2 aromatic heterocycles. The molecule has 2 aromatic rings. The fourth-order valence-electron chi connectivity index (χ4n) is 4.11. The summed E-state index contributed by atoms with van der Waals surface area (Å²) in [5.41, 5.74) is 1.17. The molecular formula is C21H26N4O3S2. The van der Waals surface area contributed by atoms with Crippen molar-refractivity contribution in [2.75, 3.05) is 18.9 Å². The van der Waals surface area contributed by atoms with Gasteiger partial charge < -0.3 is 10.1 Å². The third kappa shape index (κ3) is 4.56. The molecule has 1 aliphatic heterocycles. The zero-order valence-corrected chi connectivity index (χ0v) is 18.7. The maximum Gasteiger partial charge on any atom is 0.263 e. The van der Waals surface area contributed by atoms with Gasteiger partial charge in [0.25, 0.3) is 5.56 Å². The van der Waals surface area contributed by atoms with Gasteiger partial charge in [0, 0.05) is 18.0 Å². The van der Waals surface area contributed by atoms with Crippen LogP contribution >= 0.6 is 23.1 Å². The Morgan fingerprint density at radius 3 is 3.10 bits per heavy atom. The maximum absolute atomic E-state index is 13.5. The van der Waals surface area contributed by atoms with Crippen molar-refractivity contribution in [1.29, 1.82) is 5.26 Å². The molecule has 1 fully saturated rings. The Morgan fingerprint density at radius 2 is 2.33 bits per heavy atom. The number of rotatable bonds is 7. The fraction of sp³-hybridized carbons (Fsp3) is 0.619. The Bertz CT molecular complexity index is 1030. The number of thioether (sulfide) groups is 1. The van der Waals surface area contributed by atoms with Gasteiger partial charge in [0.1, 0.15) is 4.83 Å². The van der Waals surface area contributed by atoms with Gasteiger partial charge in [-0.1, -0.05) is 18.7 Å². The molecule has 0 bridgehead atoms. The molecule has 7 nitrogen and oxygen atoms in total. The first kappa shape index (κ1) is 21.3. The van der Waals surface area contributed by atoms with Crippen molar-refractivity contribution in [3.63, 3.8) is 0 Å². The fourth-order valence-corrected chi connectivity index (χ4v) is 6.37. The molecule has 2 unspecified atom stereocenters. The van der Waals surface area contributed by atoms with E-state index in [9.17, 15) is 9.59 Å². The zero-order chi connectivity index (χ0) is 21.1. The minimum atomic E-state index is -0.160. The van der Waals surface area contributed by atoms with Crippen LogP contribution in [0, 0.1) is 17.2 Å². The predicted octanol–water partition coefficient (Wildman–Crippen LogP) is 2.88. The Labute approximate surface area is 183 Å². The van der Waals surface area contributed by atoms with Crippen molar-refractivity contribution >= 4 is 39.2 Å². The molecule has 160 valence electrons. The van der Waals surface area contributed by atoms with Crippen LogP contribution in [-0.4, -0.2) is 40.5 Å². The summed E-state index contributed by atoms with van der Waals surface area (Å²) in [4.78, 5) is 32.5. The Kier molecular flexibility index (Phi) is 6.76. The maximum atomic E-state index is 13.5. The van der Waals surface area contributed by atoms with E-state index in [1.165, 1.54) is 22.2 Å². The highest BCUT2D eigenvalue weighted by Gasteiger charge is 2.26. The number of aryl methyl sites for hydroxylation is 1. The first-order valence-electron chi connectivity index (χ1n) is 10.5. The Morgan fingerprint density at radius 1 is 1.47 bits per heavy atom. The van der Waals surface area contributed by atoms with Crippen molar-refractivity contribution in [2.24, 2.45) is 5.92 Å². The number of nitriles is 1. The highest BCUT2D eigenvalue weighted by molar-refractivity contribution is 7.99. The van der Waals surface area contributed by atoms with E-state index < -0.39 is 0 Å². The topological polar surface area (TPSA) is 97.0 Å². The summed E-state index contributed by atoms with van der Waals surface area (Å²) in [6.07, 6.45) is 5.27. The number of amides is 1. The van der Waals surface area contributed by atoms with Crippen LogP contribution in [0.4, 0.5) is 0 Å². The van der Waals surface area contributed by atoms with Gasteiger partial charge in [-0.3, -0.25) is 14.2 Å². The van der Waals surface area contributed by atoms with Gasteiger partial charge in [-0.25, -0.2) is 4.98 Å². The predicted molar refractivity (Wildman–Crippen MR) is 118 cm³/mol. The van der Waals surface area contributed by atoms with Gasteiger partial charge in [-0.2, -0.15) is 5.26 Å². The summed E-state index contributed by atoms with van der Waals surface area (Å²) in [5.74, 6) is 0.634. The van der Waals surface area contributed by atoms with Crippen molar-refractivity contribution in [3.8, 4) is 6.07 Å². The Balaban J connectivity index is 1.65. The number of nitrogens with zero attached hydrogens (tertiary/aromatic N) is 3. The van der Waals surface area contributed by atoms with E-state index in [1.807, 2.05) is 6.07 Å².